The summed E-state index contributed by atoms with van der Waals surface area (Å²) in [5, 5.41) is 2.80. The van der Waals surface area contributed by atoms with Crippen LogP contribution < -0.4 is 10.2 Å². The number of aryl methyl sites for hydroxylation is 2. The molecular weight excluding hydrogens is 345 g/mol. The predicted molar refractivity (Wildman–Crippen MR) is 91.3 cm³/mol. The highest BCUT2D eigenvalue weighted by Crippen LogP contribution is 2.30. The minimum atomic E-state index is -1.64. The summed E-state index contributed by atoms with van der Waals surface area (Å²) in [5.74, 6) is -6.01. The van der Waals surface area contributed by atoms with Crippen LogP contribution in [0.2, 0.25) is 0 Å². The minimum absolute atomic E-state index is 0.0996. The first-order valence-corrected chi connectivity index (χ1v) is 8.10. The molecule has 1 aliphatic rings. The van der Waals surface area contributed by atoms with Gasteiger partial charge in [0.25, 0.3) is 0 Å². The second-order valence-electron chi connectivity index (χ2n) is 6.36. The van der Waals surface area contributed by atoms with Crippen LogP contribution >= 0.6 is 0 Å². The number of amides is 2. The van der Waals surface area contributed by atoms with Gasteiger partial charge in [-0.15, -0.1) is 0 Å². The maximum Gasteiger partial charge on any atom is 0.229 e. The Labute approximate surface area is 148 Å². The number of carbonyl (C=O) groups excluding carboxylic acids is 2. The number of halogens is 3. The molecule has 1 fully saturated rings. The zero-order valence-corrected chi connectivity index (χ0v) is 14.3. The van der Waals surface area contributed by atoms with Crippen molar-refractivity contribution in [2.45, 2.75) is 20.3 Å². The van der Waals surface area contributed by atoms with Gasteiger partial charge in [0.1, 0.15) is 0 Å². The van der Waals surface area contributed by atoms with Gasteiger partial charge in [0.05, 0.1) is 11.6 Å². The molecule has 0 radical (unpaired) electrons. The molecule has 0 bridgehead atoms. The van der Waals surface area contributed by atoms with Crippen LogP contribution in [0.25, 0.3) is 0 Å². The van der Waals surface area contributed by atoms with E-state index in [1.807, 2.05) is 32.0 Å². The molecule has 0 spiro atoms. The standard InChI is InChI=1S/C19H17F3N2O2/c1-10-4-3-5-11(2)18(10)23-19(26)12-8-15(25)24(9-12)14-7-6-13(20)16(21)17(14)22/h3-7,12H,8-9H2,1-2H3,(H,23,26). The lowest BCUT2D eigenvalue weighted by Gasteiger charge is -2.18. The first-order chi connectivity index (χ1) is 12.3. The van der Waals surface area contributed by atoms with Gasteiger partial charge in [0.15, 0.2) is 17.5 Å². The van der Waals surface area contributed by atoms with Gasteiger partial charge in [-0.05, 0) is 37.1 Å². The Balaban J connectivity index is 1.80. The molecule has 1 atom stereocenters. The zero-order valence-electron chi connectivity index (χ0n) is 14.3. The third-order valence-corrected chi connectivity index (χ3v) is 4.53. The van der Waals surface area contributed by atoms with Gasteiger partial charge < -0.3 is 10.2 Å². The Hall–Kier alpha value is -2.83. The lowest BCUT2D eigenvalue weighted by molar-refractivity contribution is -0.122. The van der Waals surface area contributed by atoms with Crippen molar-refractivity contribution >= 4 is 23.2 Å². The molecular formula is C19H17F3N2O2. The molecule has 2 aromatic carbocycles. The van der Waals surface area contributed by atoms with Crippen LogP contribution in [0.4, 0.5) is 24.5 Å². The summed E-state index contributed by atoms with van der Waals surface area (Å²) in [7, 11) is 0. The number of carbonyl (C=O) groups is 2. The fourth-order valence-corrected chi connectivity index (χ4v) is 3.08. The normalized spacial score (nSPS) is 16.9. The smallest absolute Gasteiger partial charge is 0.229 e. The highest BCUT2D eigenvalue weighted by molar-refractivity contribution is 6.04. The van der Waals surface area contributed by atoms with Crippen molar-refractivity contribution in [3.63, 3.8) is 0 Å². The fourth-order valence-electron chi connectivity index (χ4n) is 3.08. The second-order valence-corrected chi connectivity index (χ2v) is 6.36. The van der Waals surface area contributed by atoms with Crippen LogP contribution in [0.15, 0.2) is 30.3 Å². The second kappa shape index (κ2) is 6.82. The van der Waals surface area contributed by atoms with E-state index < -0.39 is 29.3 Å². The fraction of sp³-hybridized carbons (Fsp3) is 0.263. The number of rotatable bonds is 3. The molecule has 4 nitrogen and oxygen atoms in total. The van der Waals surface area contributed by atoms with Crippen LogP contribution in [0.3, 0.4) is 0 Å². The van der Waals surface area contributed by atoms with Crippen LogP contribution in [0.5, 0.6) is 0 Å². The lowest BCUT2D eigenvalue weighted by Crippen LogP contribution is -2.29. The maximum atomic E-state index is 14.0. The Bertz CT molecular complexity index is 878. The topological polar surface area (TPSA) is 49.4 Å². The first-order valence-electron chi connectivity index (χ1n) is 8.10. The van der Waals surface area contributed by atoms with E-state index in [1.54, 1.807) is 0 Å². The summed E-state index contributed by atoms with van der Waals surface area (Å²) in [4.78, 5) is 25.7. The van der Waals surface area contributed by atoms with Gasteiger partial charge in [-0.25, -0.2) is 13.2 Å². The molecule has 136 valence electrons. The van der Waals surface area contributed by atoms with Gasteiger partial charge in [-0.1, -0.05) is 18.2 Å². The highest BCUT2D eigenvalue weighted by atomic mass is 19.2. The number of hydrogen-bond donors (Lipinski definition) is 1. The number of hydrogen-bond acceptors (Lipinski definition) is 2. The SMILES string of the molecule is Cc1cccc(C)c1NC(=O)C1CC(=O)N(c2ccc(F)c(F)c2F)C1. The summed E-state index contributed by atoms with van der Waals surface area (Å²) in [6.07, 6.45) is -0.130. The van der Waals surface area contributed by atoms with Crippen LogP contribution in [0.1, 0.15) is 17.5 Å². The molecule has 1 heterocycles. The molecule has 7 heteroatoms. The van der Waals surface area contributed by atoms with Crippen molar-refractivity contribution in [2.75, 3.05) is 16.8 Å². The van der Waals surface area contributed by atoms with E-state index in [0.29, 0.717) is 5.69 Å². The van der Waals surface area contributed by atoms with E-state index in [1.165, 1.54) is 0 Å². The van der Waals surface area contributed by atoms with Crippen molar-refractivity contribution in [2.24, 2.45) is 5.92 Å². The van der Waals surface area contributed by atoms with Gasteiger partial charge >= 0.3 is 0 Å². The van der Waals surface area contributed by atoms with E-state index in [2.05, 4.69) is 5.32 Å². The predicted octanol–water partition coefficient (Wildman–Crippen LogP) is 3.71. The van der Waals surface area contributed by atoms with Gasteiger partial charge in [-0.3, -0.25) is 9.59 Å². The number of nitrogens with one attached hydrogen (secondary N) is 1. The van der Waals surface area contributed by atoms with Crippen molar-refractivity contribution in [3.05, 3.63) is 58.9 Å². The first kappa shape index (κ1) is 18.0. The van der Waals surface area contributed by atoms with E-state index >= 15 is 0 Å². The van der Waals surface area contributed by atoms with E-state index in [-0.39, 0.29) is 24.6 Å². The Kier molecular flexibility index (Phi) is 4.71. The van der Waals surface area contributed by atoms with Crippen molar-refractivity contribution in [1.29, 1.82) is 0 Å². The molecule has 1 unspecified atom stereocenters. The molecule has 0 saturated carbocycles. The number of nitrogens with zero attached hydrogens (tertiary/aromatic N) is 1. The monoisotopic (exact) mass is 362 g/mol. The average molecular weight is 362 g/mol. The molecule has 3 rings (SSSR count). The molecule has 2 amide bonds. The molecule has 1 N–H and O–H groups in total. The third-order valence-electron chi connectivity index (χ3n) is 4.53. The summed E-state index contributed by atoms with van der Waals surface area (Å²) < 4.78 is 40.5. The van der Waals surface area contributed by atoms with Crippen molar-refractivity contribution in [3.8, 4) is 0 Å². The largest absolute Gasteiger partial charge is 0.325 e. The quantitative estimate of drug-likeness (QED) is 0.847. The Morgan fingerprint density at radius 2 is 1.73 bits per heavy atom. The average Bonchev–Trinajstić information content (AvgIpc) is 2.98. The molecule has 1 aliphatic heterocycles. The van der Waals surface area contributed by atoms with E-state index in [9.17, 15) is 22.8 Å². The zero-order chi connectivity index (χ0) is 19.0. The maximum absolute atomic E-state index is 14.0. The molecule has 26 heavy (non-hydrogen) atoms. The van der Waals surface area contributed by atoms with Gasteiger partial charge in [-0.2, -0.15) is 0 Å². The van der Waals surface area contributed by atoms with Crippen LogP contribution in [-0.4, -0.2) is 18.4 Å². The molecule has 0 aliphatic carbocycles. The molecule has 0 aromatic heterocycles. The number of anilines is 2. The van der Waals surface area contributed by atoms with Gasteiger partial charge in [0, 0.05) is 18.7 Å². The third kappa shape index (κ3) is 3.16. The molecule has 2 aromatic rings. The summed E-state index contributed by atoms with van der Waals surface area (Å²) >= 11 is 0. The number of benzene rings is 2. The van der Waals surface area contributed by atoms with Crippen molar-refractivity contribution < 1.29 is 22.8 Å². The van der Waals surface area contributed by atoms with Crippen LogP contribution in [-0.2, 0) is 9.59 Å². The summed E-state index contributed by atoms with van der Waals surface area (Å²) in [6.45, 7) is 3.61. The minimum Gasteiger partial charge on any atom is -0.325 e. The summed E-state index contributed by atoms with van der Waals surface area (Å²) in [5.41, 5.74) is 2.07. The van der Waals surface area contributed by atoms with E-state index in [4.69, 9.17) is 0 Å². The van der Waals surface area contributed by atoms with E-state index in [0.717, 1.165) is 28.2 Å². The Morgan fingerprint density at radius 3 is 2.38 bits per heavy atom. The van der Waals surface area contributed by atoms with Gasteiger partial charge in [0.2, 0.25) is 11.8 Å². The lowest BCUT2D eigenvalue weighted by atomic mass is 10.1. The van der Waals surface area contributed by atoms with Crippen molar-refractivity contribution in [1.82, 2.24) is 0 Å². The summed E-state index contributed by atoms with van der Waals surface area (Å²) in [6, 6.07) is 7.33. The number of para-hydroxylation sites is 1. The highest BCUT2D eigenvalue weighted by Gasteiger charge is 2.37. The molecule has 1 saturated heterocycles. The van der Waals surface area contributed by atoms with Crippen LogP contribution in [0, 0.1) is 37.2 Å². The Morgan fingerprint density at radius 1 is 1.08 bits per heavy atom.